The van der Waals surface area contributed by atoms with Crippen molar-refractivity contribution in [3.05, 3.63) is 29.8 Å². The van der Waals surface area contributed by atoms with E-state index in [4.69, 9.17) is 16.2 Å². The average Bonchev–Trinajstić information content (AvgIpc) is 2.49. The minimum absolute atomic E-state index is 0.546. The Morgan fingerprint density at radius 2 is 2.00 bits per heavy atom. The van der Waals surface area contributed by atoms with Crippen LogP contribution in [0.4, 0.5) is 10.5 Å². The van der Waals surface area contributed by atoms with E-state index >= 15 is 0 Å². The lowest BCUT2D eigenvalue weighted by Crippen LogP contribution is -2.23. The highest BCUT2D eigenvalue weighted by molar-refractivity contribution is 5.87. The minimum atomic E-state index is -0.546. The molecule has 0 atom stereocenters. The van der Waals surface area contributed by atoms with Gasteiger partial charge in [-0.05, 0) is 44.1 Å². The Morgan fingerprint density at radius 1 is 1.22 bits per heavy atom. The van der Waals surface area contributed by atoms with Crippen LogP contribution in [0, 0.1) is 0 Å². The molecule has 0 spiro atoms. The van der Waals surface area contributed by atoms with Crippen LogP contribution in [0.2, 0.25) is 0 Å². The number of unbranched alkanes of at least 4 members (excludes halogenated alkanes) is 3. The van der Waals surface area contributed by atoms with Gasteiger partial charge < -0.3 is 21.5 Å². The molecule has 0 aliphatic heterocycles. The van der Waals surface area contributed by atoms with Crippen LogP contribution in [-0.2, 0) is 11.3 Å². The first kappa shape index (κ1) is 19.4. The zero-order valence-electron chi connectivity index (χ0n) is 14.1. The largest absolute Gasteiger partial charge is 0.380 e. The number of likely N-dealkylation sites (N-methyl/N-ethyl adjacent to an activating group) is 1. The number of hydrogen-bond donors (Lipinski definition) is 3. The molecule has 0 heterocycles. The minimum Gasteiger partial charge on any atom is -0.380 e. The van der Waals surface area contributed by atoms with Gasteiger partial charge in [-0.1, -0.05) is 25.0 Å². The second-order valence-electron chi connectivity index (χ2n) is 5.74. The molecule has 0 radical (unpaired) electrons. The van der Waals surface area contributed by atoms with Gasteiger partial charge in [0.2, 0.25) is 0 Å². The van der Waals surface area contributed by atoms with Crippen molar-refractivity contribution in [2.75, 3.05) is 38.7 Å². The molecule has 0 aliphatic rings. The lowest BCUT2D eigenvalue weighted by molar-refractivity contribution is 0.106. The zero-order chi connectivity index (χ0) is 16.9. The van der Waals surface area contributed by atoms with Gasteiger partial charge in [0.1, 0.15) is 0 Å². The molecule has 0 aromatic heterocycles. The van der Waals surface area contributed by atoms with E-state index in [1.165, 1.54) is 12.8 Å². The van der Waals surface area contributed by atoms with Gasteiger partial charge in [-0.25, -0.2) is 4.79 Å². The Hall–Kier alpha value is -1.63. The average molecular weight is 322 g/mol. The molecule has 130 valence electrons. The number of anilines is 1. The van der Waals surface area contributed by atoms with E-state index < -0.39 is 6.03 Å². The number of urea groups is 1. The van der Waals surface area contributed by atoms with Gasteiger partial charge in [0.15, 0.2) is 0 Å². The lowest BCUT2D eigenvalue weighted by atomic mass is 10.2. The highest BCUT2D eigenvalue weighted by Gasteiger charge is 2.03. The van der Waals surface area contributed by atoms with Crippen LogP contribution in [0.3, 0.4) is 0 Å². The van der Waals surface area contributed by atoms with Crippen molar-refractivity contribution in [1.82, 2.24) is 4.90 Å². The van der Waals surface area contributed by atoms with E-state index in [9.17, 15) is 4.79 Å². The maximum atomic E-state index is 10.9. The fourth-order valence-electron chi connectivity index (χ4n) is 2.30. The Bertz CT molecular complexity index is 454. The van der Waals surface area contributed by atoms with Gasteiger partial charge in [-0.3, -0.25) is 4.90 Å². The third kappa shape index (κ3) is 9.89. The van der Waals surface area contributed by atoms with E-state index in [1.807, 2.05) is 24.3 Å². The predicted molar refractivity (Wildman–Crippen MR) is 94.3 cm³/mol. The highest BCUT2D eigenvalue weighted by atomic mass is 16.5. The van der Waals surface area contributed by atoms with Gasteiger partial charge in [0, 0.05) is 25.4 Å². The monoisotopic (exact) mass is 322 g/mol. The third-order valence-corrected chi connectivity index (χ3v) is 3.51. The number of amides is 2. The number of nitrogens with one attached hydrogen (secondary N) is 1. The normalized spacial score (nSPS) is 10.9. The Labute approximate surface area is 139 Å². The van der Waals surface area contributed by atoms with Crippen LogP contribution in [0.1, 0.15) is 31.2 Å². The van der Waals surface area contributed by atoms with E-state index in [0.29, 0.717) is 0 Å². The number of benzene rings is 1. The van der Waals surface area contributed by atoms with Crippen molar-refractivity contribution in [2.45, 2.75) is 32.2 Å². The van der Waals surface area contributed by atoms with Crippen molar-refractivity contribution in [2.24, 2.45) is 11.5 Å². The molecular formula is C17H30N4O2. The third-order valence-electron chi connectivity index (χ3n) is 3.51. The molecule has 0 unspecified atom stereocenters. The molecule has 2 amide bonds. The van der Waals surface area contributed by atoms with Gasteiger partial charge >= 0.3 is 6.03 Å². The molecule has 6 heteroatoms. The summed E-state index contributed by atoms with van der Waals surface area (Å²) in [4.78, 5) is 13.1. The summed E-state index contributed by atoms with van der Waals surface area (Å²) in [5.41, 5.74) is 12.4. The SMILES string of the molecule is CN(CCOCCCCCCN)Cc1cccc(NC(N)=O)c1. The maximum Gasteiger partial charge on any atom is 0.316 e. The van der Waals surface area contributed by atoms with Gasteiger partial charge in [-0.15, -0.1) is 0 Å². The summed E-state index contributed by atoms with van der Waals surface area (Å²) < 4.78 is 5.65. The molecule has 0 bridgehead atoms. The van der Waals surface area contributed by atoms with Crippen LogP contribution in [0.15, 0.2) is 24.3 Å². The van der Waals surface area contributed by atoms with E-state index in [1.54, 1.807) is 0 Å². The summed E-state index contributed by atoms with van der Waals surface area (Å²) in [5, 5.41) is 2.59. The van der Waals surface area contributed by atoms with Gasteiger partial charge in [0.05, 0.1) is 6.61 Å². The van der Waals surface area contributed by atoms with Crippen LogP contribution in [0.5, 0.6) is 0 Å². The lowest BCUT2D eigenvalue weighted by Gasteiger charge is -2.17. The van der Waals surface area contributed by atoms with Crippen LogP contribution < -0.4 is 16.8 Å². The molecular weight excluding hydrogens is 292 g/mol. The molecule has 23 heavy (non-hydrogen) atoms. The summed E-state index contributed by atoms with van der Waals surface area (Å²) in [7, 11) is 2.05. The summed E-state index contributed by atoms with van der Waals surface area (Å²) in [6, 6.07) is 7.14. The first-order chi connectivity index (χ1) is 11.1. The zero-order valence-corrected chi connectivity index (χ0v) is 14.1. The molecule has 0 saturated carbocycles. The topological polar surface area (TPSA) is 93.6 Å². The number of ether oxygens (including phenoxy) is 1. The Morgan fingerprint density at radius 3 is 2.74 bits per heavy atom. The summed E-state index contributed by atoms with van der Waals surface area (Å²) in [5.74, 6) is 0. The molecule has 0 fully saturated rings. The molecule has 1 rings (SSSR count). The number of rotatable bonds is 12. The fourth-order valence-corrected chi connectivity index (χ4v) is 2.30. The Balaban J connectivity index is 2.16. The number of nitrogens with zero attached hydrogens (tertiary/aromatic N) is 1. The summed E-state index contributed by atoms with van der Waals surface area (Å²) in [6.07, 6.45) is 4.58. The van der Waals surface area contributed by atoms with E-state index in [2.05, 4.69) is 17.3 Å². The van der Waals surface area contributed by atoms with Crippen LogP contribution >= 0.6 is 0 Å². The number of carbonyl (C=O) groups is 1. The molecule has 6 nitrogen and oxygen atoms in total. The highest BCUT2D eigenvalue weighted by Crippen LogP contribution is 2.12. The number of hydrogen-bond acceptors (Lipinski definition) is 4. The maximum absolute atomic E-state index is 10.9. The molecule has 0 saturated heterocycles. The van der Waals surface area contributed by atoms with Crippen molar-refractivity contribution in [1.29, 1.82) is 0 Å². The van der Waals surface area contributed by atoms with E-state index in [0.717, 1.165) is 56.9 Å². The molecule has 5 N–H and O–H groups in total. The Kier molecular flexibility index (Phi) is 10.0. The van der Waals surface area contributed by atoms with Crippen LogP contribution in [0.25, 0.3) is 0 Å². The first-order valence-electron chi connectivity index (χ1n) is 8.23. The van der Waals surface area contributed by atoms with Gasteiger partial charge in [0.25, 0.3) is 0 Å². The number of nitrogens with two attached hydrogens (primary N) is 2. The van der Waals surface area contributed by atoms with E-state index in [-0.39, 0.29) is 0 Å². The summed E-state index contributed by atoms with van der Waals surface area (Å²) in [6.45, 7) is 4.00. The molecule has 1 aromatic carbocycles. The van der Waals surface area contributed by atoms with Crippen molar-refractivity contribution >= 4 is 11.7 Å². The summed E-state index contributed by atoms with van der Waals surface area (Å²) >= 11 is 0. The van der Waals surface area contributed by atoms with Crippen molar-refractivity contribution in [3.63, 3.8) is 0 Å². The quantitative estimate of drug-likeness (QED) is 0.514. The standard InChI is InChI=1S/C17H30N4O2/c1-21(10-12-23-11-5-3-2-4-9-18)14-15-7-6-8-16(13-15)20-17(19)22/h6-8,13H,2-5,9-12,14,18H2,1H3,(H3,19,20,22). The smallest absolute Gasteiger partial charge is 0.316 e. The number of primary amides is 1. The van der Waals surface area contributed by atoms with Crippen molar-refractivity contribution < 1.29 is 9.53 Å². The fraction of sp³-hybridized carbons (Fsp3) is 0.588. The molecule has 0 aliphatic carbocycles. The second-order valence-corrected chi connectivity index (χ2v) is 5.74. The first-order valence-corrected chi connectivity index (χ1v) is 8.23. The van der Waals surface area contributed by atoms with Crippen LogP contribution in [-0.4, -0.2) is 44.3 Å². The second kappa shape index (κ2) is 11.9. The molecule has 1 aromatic rings. The van der Waals surface area contributed by atoms with Gasteiger partial charge in [-0.2, -0.15) is 0 Å². The number of carbonyl (C=O) groups excluding carboxylic acids is 1. The van der Waals surface area contributed by atoms with Crippen molar-refractivity contribution in [3.8, 4) is 0 Å². The predicted octanol–water partition coefficient (Wildman–Crippen LogP) is 2.14.